The van der Waals surface area contributed by atoms with E-state index in [9.17, 15) is 4.39 Å². The van der Waals surface area contributed by atoms with E-state index in [0.29, 0.717) is 29.5 Å². The van der Waals surface area contributed by atoms with Crippen LogP contribution in [0.2, 0.25) is 0 Å². The molecule has 2 aromatic carbocycles. The SMILES string of the molecule is COc1ccc(CNc2ncnc3c(OC)cc(-c4ccc(F)cc4)cc23)cn1. The van der Waals surface area contributed by atoms with Gasteiger partial charge in [0.25, 0.3) is 0 Å². The minimum Gasteiger partial charge on any atom is -0.494 e. The van der Waals surface area contributed by atoms with Crippen molar-refractivity contribution < 1.29 is 13.9 Å². The van der Waals surface area contributed by atoms with Crippen molar-refractivity contribution in [1.82, 2.24) is 15.0 Å². The van der Waals surface area contributed by atoms with E-state index in [1.165, 1.54) is 18.5 Å². The molecule has 29 heavy (non-hydrogen) atoms. The summed E-state index contributed by atoms with van der Waals surface area (Å²) in [6, 6.07) is 13.9. The first-order chi connectivity index (χ1) is 14.2. The van der Waals surface area contributed by atoms with E-state index in [4.69, 9.17) is 9.47 Å². The lowest BCUT2D eigenvalue weighted by molar-refractivity contribution is 0.397. The maximum absolute atomic E-state index is 13.3. The van der Waals surface area contributed by atoms with Crippen molar-refractivity contribution in [1.29, 1.82) is 0 Å². The van der Waals surface area contributed by atoms with Gasteiger partial charge in [0, 0.05) is 24.2 Å². The van der Waals surface area contributed by atoms with Gasteiger partial charge in [0.05, 0.1) is 14.2 Å². The molecule has 4 rings (SSSR count). The number of rotatable bonds is 6. The molecule has 0 bridgehead atoms. The highest BCUT2D eigenvalue weighted by atomic mass is 19.1. The molecule has 6 nitrogen and oxygen atoms in total. The summed E-state index contributed by atoms with van der Waals surface area (Å²) in [5, 5.41) is 4.15. The summed E-state index contributed by atoms with van der Waals surface area (Å²) in [7, 11) is 3.18. The molecule has 0 atom stereocenters. The van der Waals surface area contributed by atoms with E-state index in [1.807, 2.05) is 24.3 Å². The number of fused-ring (bicyclic) bond motifs is 1. The molecule has 1 N–H and O–H groups in total. The van der Waals surface area contributed by atoms with E-state index >= 15 is 0 Å². The highest BCUT2D eigenvalue weighted by molar-refractivity contribution is 5.96. The zero-order chi connectivity index (χ0) is 20.2. The van der Waals surface area contributed by atoms with Crippen LogP contribution < -0.4 is 14.8 Å². The summed E-state index contributed by atoms with van der Waals surface area (Å²) >= 11 is 0. The van der Waals surface area contributed by atoms with Crippen molar-refractivity contribution in [2.75, 3.05) is 19.5 Å². The Morgan fingerprint density at radius 1 is 0.897 bits per heavy atom. The van der Waals surface area contributed by atoms with Gasteiger partial charge in [-0.25, -0.2) is 19.3 Å². The van der Waals surface area contributed by atoms with E-state index in [0.717, 1.165) is 22.1 Å². The number of hydrogen-bond acceptors (Lipinski definition) is 6. The number of methoxy groups -OCH3 is 2. The minimum absolute atomic E-state index is 0.278. The number of pyridine rings is 1. The van der Waals surface area contributed by atoms with Crippen LogP contribution in [-0.2, 0) is 6.54 Å². The Morgan fingerprint density at radius 2 is 1.72 bits per heavy atom. The molecule has 0 saturated carbocycles. The van der Waals surface area contributed by atoms with Crippen LogP contribution in [0.15, 0.2) is 61.1 Å². The third kappa shape index (κ3) is 3.94. The first-order valence-electron chi connectivity index (χ1n) is 8.99. The van der Waals surface area contributed by atoms with Gasteiger partial charge in [-0.3, -0.25) is 0 Å². The predicted molar refractivity (Wildman–Crippen MR) is 110 cm³/mol. The van der Waals surface area contributed by atoms with Gasteiger partial charge >= 0.3 is 0 Å². The van der Waals surface area contributed by atoms with Gasteiger partial charge in [0.1, 0.15) is 29.2 Å². The molecule has 146 valence electrons. The van der Waals surface area contributed by atoms with Crippen LogP contribution in [-0.4, -0.2) is 29.2 Å². The fourth-order valence-electron chi connectivity index (χ4n) is 3.06. The summed E-state index contributed by atoms with van der Waals surface area (Å²) in [4.78, 5) is 13.0. The van der Waals surface area contributed by atoms with Gasteiger partial charge in [-0.05, 0) is 41.0 Å². The fraction of sp³-hybridized carbons (Fsp3) is 0.136. The normalized spacial score (nSPS) is 10.7. The van der Waals surface area contributed by atoms with Crippen molar-refractivity contribution in [3.8, 4) is 22.8 Å². The van der Waals surface area contributed by atoms with Crippen molar-refractivity contribution in [2.45, 2.75) is 6.54 Å². The molecule has 4 aromatic rings. The number of anilines is 1. The number of halogens is 1. The molecular weight excluding hydrogens is 371 g/mol. The lowest BCUT2D eigenvalue weighted by Crippen LogP contribution is -2.04. The van der Waals surface area contributed by atoms with Crippen LogP contribution in [0.1, 0.15) is 5.56 Å². The quantitative estimate of drug-likeness (QED) is 0.524. The topological polar surface area (TPSA) is 69.2 Å². The molecule has 0 spiro atoms. The van der Waals surface area contributed by atoms with Crippen LogP contribution >= 0.6 is 0 Å². The van der Waals surface area contributed by atoms with Gasteiger partial charge < -0.3 is 14.8 Å². The third-order valence-corrected chi connectivity index (χ3v) is 4.57. The van der Waals surface area contributed by atoms with Crippen LogP contribution in [0, 0.1) is 5.82 Å². The average molecular weight is 390 g/mol. The summed E-state index contributed by atoms with van der Waals surface area (Å²) in [6.45, 7) is 0.534. The summed E-state index contributed by atoms with van der Waals surface area (Å²) in [5.41, 5.74) is 3.45. The van der Waals surface area contributed by atoms with Gasteiger partial charge in [0.15, 0.2) is 0 Å². The largest absolute Gasteiger partial charge is 0.494 e. The van der Waals surface area contributed by atoms with E-state index < -0.39 is 0 Å². The Bertz CT molecular complexity index is 1130. The molecule has 7 heteroatoms. The van der Waals surface area contributed by atoms with Gasteiger partial charge in [-0.1, -0.05) is 18.2 Å². The summed E-state index contributed by atoms with van der Waals surface area (Å²) < 4.78 is 23.9. The zero-order valence-electron chi connectivity index (χ0n) is 16.0. The number of nitrogens with zero attached hydrogens (tertiary/aromatic N) is 3. The molecule has 0 aliphatic carbocycles. The number of hydrogen-bond donors (Lipinski definition) is 1. The molecular formula is C22H19FN4O2. The second kappa shape index (κ2) is 8.10. The molecule has 0 unspecified atom stereocenters. The number of aromatic nitrogens is 3. The van der Waals surface area contributed by atoms with Crippen molar-refractivity contribution in [2.24, 2.45) is 0 Å². The van der Waals surface area contributed by atoms with E-state index in [-0.39, 0.29) is 5.82 Å². The lowest BCUT2D eigenvalue weighted by Gasteiger charge is -2.13. The molecule has 0 aliphatic heterocycles. The lowest BCUT2D eigenvalue weighted by atomic mass is 10.0. The highest BCUT2D eigenvalue weighted by Gasteiger charge is 2.12. The Hall–Kier alpha value is -3.74. The highest BCUT2D eigenvalue weighted by Crippen LogP contribution is 2.34. The maximum Gasteiger partial charge on any atom is 0.212 e. The second-order valence-corrected chi connectivity index (χ2v) is 6.37. The van der Waals surface area contributed by atoms with Crippen LogP contribution in [0.25, 0.3) is 22.0 Å². The van der Waals surface area contributed by atoms with Crippen molar-refractivity contribution in [3.05, 3.63) is 72.4 Å². The van der Waals surface area contributed by atoms with Gasteiger partial charge in [-0.2, -0.15) is 0 Å². The van der Waals surface area contributed by atoms with Crippen molar-refractivity contribution in [3.63, 3.8) is 0 Å². The maximum atomic E-state index is 13.3. The molecule has 0 amide bonds. The molecule has 0 aliphatic rings. The Balaban J connectivity index is 1.71. The number of nitrogens with one attached hydrogen (secondary N) is 1. The van der Waals surface area contributed by atoms with Gasteiger partial charge in [0.2, 0.25) is 5.88 Å². The monoisotopic (exact) mass is 390 g/mol. The number of benzene rings is 2. The Labute approximate surface area is 167 Å². The third-order valence-electron chi connectivity index (χ3n) is 4.57. The fourth-order valence-corrected chi connectivity index (χ4v) is 3.06. The molecule has 2 aromatic heterocycles. The predicted octanol–water partition coefficient (Wildman–Crippen LogP) is 4.46. The average Bonchev–Trinajstić information content (AvgIpc) is 2.77. The van der Waals surface area contributed by atoms with Crippen LogP contribution in [0.5, 0.6) is 11.6 Å². The number of ether oxygens (including phenoxy) is 2. The zero-order valence-corrected chi connectivity index (χ0v) is 16.0. The van der Waals surface area contributed by atoms with Gasteiger partial charge in [-0.15, -0.1) is 0 Å². The summed E-state index contributed by atoms with van der Waals surface area (Å²) in [6.07, 6.45) is 3.25. The Kier molecular flexibility index (Phi) is 5.20. The Morgan fingerprint density at radius 3 is 2.41 bits per heavy atom. The molecule has 2 heterocycles. The second-order valence-electron chi connectivity index (χ2n) is 6.37. The molecule has 0 fully saturated rings. The molecule has 0 radical (unpaired) electrons. The smallest absolute Gasteiger partial charge is 0.212 e. The van der Waals surface area contributed by atoms with Crippen molar-refractivity contribution >= 4 is 16.7 Å². The van der Waals surface area contributed by atoms with E-state index in [2.05, 4.69) is 20.3 Å². The standard InChI is InChI=1S/C22H19FN4O2/c1-28-19-10-16(15-4-6-17(23)7-5-15)9-18-21(19)26-13-27-22(18)25-12-14-3-8-20(29-2)24-11-14/h3-11,13H,12H2,1-2H3,(H,25,26,27). The summed E-state index contributed by atoms with van der Waals surface area (Å²) in [5.74, 6) is 1.58. The van der Waals surface area contributed by atoms with Crippen LogP contribution in [0.4, 0.5) is 10.2 Å². The first-order valence-corrected chi connectivity index (χ1v) is 8.99. The molecule has 0 saturated heterocycles. The minimum atomic E-state index is -0.278. The van der Waals surface area contributed by atoms with Crippen LogP contribution in [0.3, 0.4) is 0 Å². The first kappa shape index (κ1) is 18.6. The van der Waals surface area contributed by atoms with E-state index in [1.54, 1.807) is 32.5 Å².